The van der Waals surface area contributed by atoms with E-state index in [9.17, 15) is 31.1 Å². The number of aromatic nitrogens is 5. The van der Waals surface area contributed by atoms with Crippen LogP contribution in [-0.4, -0.2) is 30.7 Å². The number of benzene rings is 2. The number of nitrogens with zero attached hydrogens (tertiary/aromatic N) is 5. The molecule has 0 radical (unpaired) electrons. The summed E-state index contributed by atoms with van der Waals surface area (Å²) >= 11 is 6.23. The number of pyridine rings is 2. The van der Waals surface area contributed by atoms with Gasteiger partial charge in [0.1, 0.15) is 11.4 Å². The van der Waals surface area contributed by atoms with Gasteiger partial charge in [-0.25, -0.2) is 4.68 Å². The standard InChI is InChI=1S/C28H16ClF6N5O/c29-22-6-2-1-4-20(22)26(41)24-21(5-3-9-37-24)23-25(17-7-10-36-11-8-17)40(39-38-23)15-16-12-18(27(30,31)32)14-19(13-16)28(33,34)35/h1-14H,15H2. The van der Waals surface area contributed by atoms with Crippen molar-refractivity contribution < 1.29 is 31.1 Å². The van der Waals surface area contributed by atoms with E-state index in [4.69, 9.17) is 11.6 Å². The highest BCUT2D eigenvalue weighted by Crippen LogP contribution is 2.38. The van der Waals surface area contributed by atoms with Crippen LogP contribution in [0.4, 0.5) is 26.3 Å². The van der Waals surface area contributed by atoms with Gasteiger partial charge >= 0.3 is 12.4 Å². The van der Waals surface area contributed by atoms with Gasteiger partial charge in [0.15, 0.2) is 0 Å². The van der Waals surface area contributed by atoms with Gasteiger partial charge < -0.3 is 0 Å². The minimum atomic E-state index is -5.01. The maximum Gasteiger partial charge on any atom is 0.416 e. The topological polar surface area (TPSA) is 73.6 Å². The van der Waals surface area contributed by atoms with Gasteiger partial charge in [-0.3, -0.25) is 14.8 Å². The molecule has 0 aliphatic heterocycles. The Labute approximate surface area is 233 Å². The van der Waals surface area contributed by atoms with Crippen molar-refractivity contribution in [2.45, 2.75) is 18.9 Å². The Hall–Kier alpha value is -4.58. The molecule has 0 N–H and O–H groups in total. The second kappa shape index (κ2) is 10.8. The Morgan fingerprint density at radius 1 is 0.829 bits per heavy atom. The molecule has 0 unspecified atom stereocenters. The number of hydrogen-bond donors (Lipinski definition) is 0. The summed E-state index contributed by atoms with van der Waals surface area (Å²) in [5.41, 5.74) is -2.03. The zero-order valence-corrected chi connectivity index (χ0v) is 21.3. The smallest absolute Gasteiger partial charge is 0.287 e. The van der Waals surface area contributed by atoms with Crippen LogP contribution < -0.4 is 0 Å². The van der Waals surface area contributed by atoms with Gasteiger partial charge in [0.25, 0.3) is 0 Å². The van der Waals surface area contributed by atoms with Crippen molar-refractivity contribution in [2.75, 3.05) is 0 Å². The molecule has 0 spiro atoms. The van der Waals surface area contributed by atoms with Crippen LogP contribution in [0.1, 0.15) is 32.7 Å². The number of hydrogen-bond acceptors (Lipinski definition) is 5. The summed E-state index contributed by atoms with van der Waals surface area (Å²) in [5, 5.41) is 8.43. The van der Waals surface area contributed by atoms with Crippen LogP contribution in [-0.2, 0) is 18.9 Å². The maximum absolute atomic E-state index is 13.5. The highest BCUT2D eigenvalue weighted by atomic mass is 35.5. The zero-order valence-electron chi connectivity index (χ0n) is 20.6. The Bertz CT molecular complexity index is 1700. The third-order valence-electron chi connectivity index (χ3n) is 6.07. The Kier molecular flexibility index (Phi) is 7.35. The largest absolute Gasteiger partial charge is 0.416 e. The van der Waals surface area contributed by atoms with E-state index < -0.39 is 35.8 Å². The van der Waals surface area contributed by atoms with Crippen LogP contribution in [0.5, 0.6) is 0 Å². The average molecular weight is 588 g/mol. The molecule has 13 heteroatoms. The molecule has 41 heavy (non-hydrogen) atoms. The van der Waals surface area contributed by atoms with E-state index in [1.54, 1.807) is 42.5 Å². The molecular formula is C28H16ClF6N5O. The van der Waals surface area contributed by atoms with Gasteiger partial charge in [0.05, 0.1) is 28.4 Å². The molecule has 0 saturated heterocycles. The maximum atomic E-state index is 13.5. The summed E-state index contributed by atoms with van der Waals surface area (Å²) in [6.45, 7) is -0.494. The summed E-state index contributed by atoms with van der Waals surface area (Å²) in [6.07, 6.45) is -5.74. The predicted octanol–water partition coefficient (Wildman–Crippen LogP) is 7.37. The van der Waals surface area contributed by atoms with Crippen molar-refractivity contribution in [3.05, 3.63) is 118 Å². The van der Waals surface area contributed by atoms with Crippen LogP contribution in [0.3, 0.4) is 0 Å². The fourth-order valence-electron chi connectivity index (χ4n) is 4.23. The van der Waals surface area contributed by atoms with E-state index in [2.05, 4.69) is 20.3 Å². The van der Waals surface area contributed by atoms with E-state index >= 15 is 0 Å². The minimum Gasteiger partial charge on any atom is -0.287 e. The van der Waals surface area contributed by atoms with Crippen molar-refractivity contribution in [1.29, 1.82) is 0 Å². The molecule has 5 rings (SSSR count). The molecule has 0 atom stereocenters. The van der Waals surface area contributed by atoms with Crippen molar-refractivity contribution in [1.82, 2.24) is 25.0 Å². The SMILES string of the molecule is O=C(c1ccccc1Cl)c1ncccc1-c1nnn(Cc2cc(C(F)(F)F)cc(C(F)(F)F)c2)c1-c1ccncc1. The second-order valence-corrected chi connectivity index (χ2v) is 9.21. The molecule has 0 bridgehead atoms. The van der Waals surface area contributed by atoms with Crippen molar-refractivity contribution in [2.24, 2.45) is 0 Å². The molecule has 0 amide bonds. The lowest BCUT2D eigenvalue weighted by molar-refractivity contribution is -0.143. The number of carbonyl (C=O) groups excluding carboxylic acids is 1. The molecule has 208 valence electrons. The van der Waals surface area contributed by atoms with Gasteiger partial charge in [-0.15, -0.1) is 5.10 Å². The molecule has 5 aromatic rings. The first-order valence-electron chi connectivity index (χ1n) is 11.8. The molecule has 6 nitrogen and oxygen atoms in total. The van der Waals surface area contributed by atoms with E-state index in [-0.39, 0.29) is 44.9 Å². The summed E-state index contributed by atoms with van der Waals surface area (Å²) < 4.78 is 82.0. The number of rotatable bonds is 6. The number of carbonyl (C=O) groups is 1. The zero-order chi connectivity index (χ0) is 29.4. The average Bonchev–Trinajstić information content (AvgIpc) is 3.35. The van der Waals surface area contributed by atoms with E-state index in [1.807, 2.05) is 0 Å². The number of alkyl halides is 6. The molecule has 0 aliphatic rings. The van der Waals surface area contributed by atoms with E-state index in [1.165, 1.54) is 24.7 Å². The molecule has 0 saturated carbocycles. The van der Waals surface area contributed by atoms with Crippen LogP contribution in [0.25, 0.3) is 22.5 Å². The van der Waals surface area contributed by atoms with Gasteiger partial charge in [-0.1, -0.05) is 28.9 Å². The number of halogens is 7. The normalized spacial score (nSPS) is 12.0. The molecule has 0 aliphatic carbocycles. The summed E-state index contributed by atoms with van der Waals surface area (Å²) in [7, 11) is 0. The first kappa shape index (κ1) is 28.0. The molecular weight excluding hydrogens is 572 g/mol. The third-order valence-corrected chi connectivity index (χ3v) is 6.39. The lowest BCUT2D eigenvalue weighted by Gasteiger charge is -2.15. The van der Waals surface area contributed by atoms with Crippen LogP contribution in [0.2, 0.25) is 5.02 Å². The van der Waals surface area contributed by atoms with Crippen molar-refractivity contribution >= 4 is 17.4 Å². The highest BCUT2D eigenvalue weighted by Gasteiger charge is 2.37. The highest BCUT2D eigenvalue weighted by molar-refractivity contribution is 6.35. The van der Waals surface area contributed by atoms with Crippen LogP contribution in [0.15, 0.2) is 85.3 Å². The second-order valence-electron chi connectivity index (χ2n) is 8.80. The molecule has 0 fully saturated rings. The van der Waals surface area contributed by atoms with E-state index in [0.29, 0.717) is 17.7 Å². The quantitative estimate of drug-likeness (QED) is 0.153. The first-order valence-corrected chi connectivity index (χ1v) is 12.2. The third kappa shape index (κ3) is 5.82. The molecule has 3 heterocycles. The summed E-state index contributed by atoms with van der Waals surface area (Å²) in [6, 6.07) is 13.9. The lowest BCUT2D eigenvalue weighted by Crippen LogP contribution is -2.13. The first-order chi connectivity index (χ1) is 19.4. The fourth-order valence-corrected chi connectivity index (χ4v) is 4.46. The number of ketones is 1. The molecule has 2 aromatic carbocycles. The lowest BCUT2D eigenvalue weighted by atomic mass is 9.99. The Morgan fingerprint density at radius 3 is 2.12 bits per heavy atom. The summed E-state index contributed by atoms with van der Waals surface area (Å²) in [4.78, 5) is 21.6. The van der Waals surface area contributed by atoms with Crippen LogP contribution >= 0.6 is 11.6 Å². The van der Waals surface area contributed by atoms with Gasteiger partial charge in [-0.2, -0.15) is 26.3 Å². The predicted molar refractivity (Wildman–Crippen MR) is 137 cm³/mol. The van der Waals surface area contributed by atoms with Gasteiger partial charge in [-0.05, 0) is 60.2 Å². The van der Waals surface area contributed by atoms with Crippen LogP contribution in [0, 0.1) is 0 Å². The Morgan fingerprint density at radius 2 is 1.49 bits per heavy atom. The molecule has 3 aromatic heterocycles. The van der Waals surface area contributed by atoms with Gasteiger partial charge in [0, 0.05) is 35.3 Å². The van der Waals surface area contributed by atoms with Gasteiger partial charge in [0.2, 0.25) is 5.78 Å². The Balaban J connectivity index is 1.67. The fraction of sp³-hybridized carbons (Fsp3) is 0.107. The summed E-state index contributed by atoms with van der Waals surface area (Å²) in [5.74, 6) is -0.519. The van der Waals surface area contributed by atoms with Crippen molar-refractivity contribution in [3.8, 4) is 22.5 Å². The van der Waals surface area contributed by atoms with E-state index in [0.717, 1.165) is 4.68 Å². The minimum absolute atomic E-state index is 0.0265. The monoisotopic (exact) mass is 587 g/mol. The van der Waals surface area contributed by atoms with Crippen molar-refractivity contribution in [3.63, 3.8) is 0 Å².